The van der Waals surface area contributed by atoms with E-state index in [4.69, 9.17) is 4.18 Å². The predicted molar refractivity (Wildman–Crippen MR) is 156 cm³/mol. The maximum Gasteiger partial charge on any atom is 0.297 e. The fourth-order valence-electron chi connectivity index (χ4n) is 10.3. The minimum Gasteiger partial charge on any atom is -0.263 e. The topological polar surface area (TPSA) is 43.4 Å². The van der Waals surface area contributed by atoms with E-state index in [-0.39, 0.29) is 6.10 Å². The molecule has 0 unspecified atom stereocenters. The molecule has 0 saturated heterocycles. The summed E-state index contributed by atoms with van der Waals surface area (Å²) >= 11 is 0. The highest BCUT2D eigenvalue weighted by Crippen LogP contribution is 2.68. The number of aryl methyl sites for hydroxylation is 1. The first kappa shape index (κ1) is 28.7. The molecule has 214 valence electrons. The zero-order valence-electron chi connectivity index (χ0n) is 25.0. The Kier molecular flexibility index (Phi) is 8.17. The molecular weight excluding hydrogens is 488 g/mol. The van der Waals surface area contributed by atoms with E-state index in [0.717, 1.165) is 60.3 Å². The van der Waals surface area contributed by atoms with Crippen molar-refractivity contribution in [3.8, 4) is 0 Å². The van der Waals surface area contributed by atoms with Crippen LogP contribution >= 0.6 is 0 Å². The lowest BCUT2D eigenvalue weighted by Crippen LogP contribution is -2.54. The van der Waals surface area contributed by atoms with Crippen LogP contribution in [0.1, 0.15) is 117 Å². The lowest BCUT2D eigenvalue weighted by atomic mass is 9.44. The molecule has 4 fully saturated rings. The third-order valence-electron chi connectivity index (χ3n) is 12.4. The van der Waals surface area contributed by atoms with E-state index in [2.05, 4.69) is 34.6 Å². The Labute approximate surface area is 234 Å². The number of hydrogen-bond donors (Lipinski definition) is 0. The first-order valence-corrected chi connectivity index (χ1v) is 17.3. The van der Waals surface area contributed by atoms with E-state index >= 15 is 0 Å². The van der Waals surface area contributed by atoms with Crippen LogP contribution in [0.5, 0.6) is 0 Å². The summed E-state index contributed by atoms with van der Waals surface area (Å²) in [5.41, 5.74) is 1.94. The molecule has 0 aliphatic heterocycles. The Bertz CT molecular complexity index is 1060. The first-order valence-electron chi connectivity index (χ1n) is 15.9. The number of hydrogen-bond acceptors (Lipinski definition) is 3. The van der Waals surface area contributed by atoms with Gasteiger partial charge in [0.1, 0.15) is 0 Å². The molecule has 4 saturated carbocycles. The molecule has 1 aromatic carbocycles. The molecule has 9 atom stereocenters. The molecule has 0 radical (unpaired) electrons. The highest BCUT2D eigenvalue weighted by Gasteiger charge is 2.60. The van der Waals surface area contributed by atoms with Crippen molar-refractivity contribution in [3.63, 3.8) is 0 Å². The average molecular weight is 543 g/mol. The van der Waals surface area contributed by atoms with Crippen LogP contribution in [0.4, 0.5) is 0 Å². The lowest BCUT2D eigenvalue weighted by Gasteiger charge is -2.61. The molecule has 0 heterocycles. The molecule has 0 amide bonds. The summed E-state index contributed by atoms with van der Waals surface area (Å²) in [4.78, 5) is 0.293. The maximum atomic E-state index is 13.0. The van der Waals surface area contributed by atoms with Gasteiger partial charge in [0, 0.05) is 0 Å². The van der Waals surface area contributed by atoms with Gasteiger partial charge in [-0.3, -0.25) is 4.18 Å². The third kappa shape index (κ3) is 5.27. The summed E-state index contributed by atoms with van der Waals surface area (Å²) in [5, 5.41) is 0. The quantitative estimate of drug-likeness (QED) is 0.308. The van der Waals surface area contributed by atoms with E-state index in [9.17, 15) is 8.42 Å². The minimum atomic E-state index is -3.70. The maximum absolute atomic E-state index is 13.0. The summed E-state index contributed by atoms with van der Waals surface area (Å²) in [6, 6.07) is 7.07. The summed E-state index contributed by atoms with van der Waals surface area (Å²) in [7, 11) is -3.70. The molecule has 4 aliphatic rings. The summed E-state index contributed by atoms with van der Waals surface area (Å²) < 4.78 is 31.9. The average Bonchev–Trinajstić information content (AvgIpc) is 3.21. The largest absolute Gasteiger partial charge is 0.297 e. The molecular formula is C34H54O3S. The summed E-state index contributed by atoms with van der Waals surface area (Å²) in [6.07, 6.45) is 15.2. The Morgan fingerprint density at radius 2 is 1.55 bits per heavy atom. The van der Waals surface area contributed by atoms with Crippen LogP contribution < -0.4 is 0 Å². The van der Waals surface area contributed by atoms with Crippen LogP contribution in [0.15, 0.2) is 29.2 Å². The van der Waals surface area contributed by atoms with Gasteiger partial charge in [-0.25, -0.2) is 0 Å². The summed E-state index contributed by atoms with van der Waals surface area (Å²) in [6.45, 7) is 14.5. The van der Waals surface area contributed by atoms with Crippen molar-refractivity contribution < 1.29 is 12.6 Å². The van der Waals surface area contributed by atoms with Gasteiger partial charge in [0.2, 0.25) is 0 Å². The number of rotatable bonds is 8. The number of benzene rings is 1. The molecule has 4 aliphatic carbocycles. The van der Waals surface area contributed by atoms with E-state index in [1.165, 1.54) is 57.8 Å². The van der Waals surface area contributed by atoms with Crippen LogP contribution in [0.3, 0.4) is 0 Å². The Morgan fingerprint density at radius 3 is 2.26 bits per heavy atom. The van der Waals surface area contributed by atoms with E-state index in [0.29, 0.717) is 21.6 Å². The van der Waals surface area contributed by atoms with Crippen LogP contribution in [0, 0.1) is 59.2 Å². The molecule has 0 spiro atoms. The van der Waals surface area contributed by atoms with Crippen molar-refractivity contribution in [1.29, 1.82) is 0 Å². The molecule has 5 rings (SSSR count). The zero-order chi connectivity index (χ0) is 27.3. The first-order chi connectivity index (χ1) is 17.9. The van der Waals surface area contributed by atoms with Crippen LogP contribution in [-0.2, 0) is 14.3 Å². The van der Waals surface area contributed by atoms with Crippen LogP contribution in [0.2, 0.25) is 0 Å². The monoisotopic (exact) mass is 542 g/mol. The standard InChI is InChI=1S/C34H54O3S/c1-23(2)8-7-9-25(4)30-16-17-31-29-15-12-26-22-27(37-38(35,36)28-13-10-24(3)11-14-28)18-20-33(26,5)32(29)19-21-34(30,31)6/h10-11,13-14,23,25-27,29-32H,7-9,12,15-22H2,1-6H3/t25-,26+,27+,29-,30+,31-,32-,33-,34+/m0/s1. The molecule has 4 heteroatoms. The van der Waals surface area contributed by atoms with E-state index < -0.39 is 10.1 Å². The van der Waals surface area contributed by atoms with Gasteiger partial charge in [0.05, 0.1) is 11.0 Å². The van der Waals surface area contributed by atoms with Gasteiger partial charge in [-0.2, -0.15) is 8.42 Å². The Hall–Kier alpha value is -0.870. The van der Waals surface area contributed by atoms with Crippen molar-refractivity contribution in [2.45, 2.75) is 130 Å². The van der Waals surface area contributed by atoms with Gasteiger partial charge >= 0.3 is 0 Å². The molecule has 38 heavy (non-hydrogen) atoms. The third-order valence-corrected chi connectivity index (χ3v) is 13.8. The predicted octanol–water partition coefficient (Wildman–Crippen LogP) is 9.19. The van der Waals surface area contributed by atoms with Gasteiger partial charge in [-0.15, -0.1) is 0 Å². The van der Waals surface area contributed by atoms with Crippen molar-refractivity contribution in [3.05, 3.63) is 29.8 Å². The van der Waals surface area contributed by atoms with Gasteiger partial charge in [-0.1, -0.05) is 71.6 Å². The Balaban J connectivity index is 1.24. The smallest absolute Gasteiger partial charge is 0.263 e. The summed E-state index contributed by atoms with van der Waals surface area (Å²) in [5.74, 6) is 5.75. The fourth-order valence-corrected chi connectivity index (χ4v) is 11.4. The normalized spacial score (nSPS) is 39.9. The van der Waals surface area contributed by atoms with E-state index in [1.54, 1.807) is 12.1 Å². The molecule has 3 nitrogen and oxygen atoms in total. The highest BCUT2D eigenvalue weighted by atomic mass is 32.2. The zero-order valence-corrected chi connectivity index (χ0v) is 25.9. The molecule has 0 aromatic heterocycles. The fraction of sp³-hybridized carbons (Fsp3) is 0.824. The van der Waals surface area contributed by atoms with E-state index in [1.807, 2.05) is 19.1 Å². The molecule has 0 bridgehead atoms. The second-order valence-corrected chi connectivity index (χ2v) is 16.5. The van der Waals surface area contributed by atoms with Crippen LogP contribution in [0.25, 0.3) is 0 Å². The minimum absolute atomic E-state index is 0.174. The van der Waals surface area contributed by atoms with Gasteiger partial charge < -0.3 is 0 Å². The second-order valence-electron chi connectivity index (χ2n) is 14.9. The van der Waals surface area contributed by atoms with Crippen molar-refractivity contribution in [1.82, 2.24) is 0 Å². The van der Waals surface area contributed by atoms with Crippen LogP contribution in [-0.4, -0.2) is 14.5 Å². The van der Waals surface area contributed by atoms with Crippen molar-refractivity contribution in [2.75, 3.05) is 0 Å². The molecule has 0 N–H and O–H groups in total. The van der Waals surface area contributed by atoms with Gasteiger partial charge in [0.25, 0.3) is 10.1 Å². The number of fused-ring (bicyclic) bond motifs is 5. The highest BCUT2D eigenvalue weighted by molar-refractivity contribution is 7.86. The Morgan fingerprint density at radius 1 is 0.868 bits per heavy atom. The molecule has 1 aromatic rings. The van der Waals surface area contributed by atoms with Gasteiger partial charge in [-0.05, 0) is 129 Å². The van der Waals surface area contributed by atoms with Crippen molar-refractivity contribution in [2.24, 2.45) is 52.3 Å². The SMILES string of the molecule is Cc1ccc(S(=O)(=O)O[C@@H]2CC[C@@]3(C)[C@H](CC[C@@H]4[C@@H]3CC[C@]3(C)[C@@H]([C@@H](C)CCCC(C)C)CC[C@@H]43)C2)cc1. The van der Waals surface area contributed by atoms with Gasteiger partial charge in [0.15, 0.2) is 0 Å². The lowest BCUT2D eigenvalue weighted by molar-refractivity contribution is -0.126. The van der Waals surface area contributed by atoms with Crippen molar-refractivity contribution >= 4 is 10.1 Å². The second kappa shape index (κ2) is 10.8.